The number of hydrogen-bond acceptors (Lipinski definition) is 2. The Balaban J connectivity index is 2.51. The molecule has 0 N–H and O–H groups in total. The molecule has 0 amide bonds. The Morgan fingerprint density at radius 3 is 2.55 bits per heavy atom. The van der Waals surface area contributed by atoms with Gasteiger partial charge in [0.05, 0.1) is 10.0 Å². The van der Waals surface area contributed by atoms with Crippen molar-refractivity contribution in [3.63, 3.8) is 0 Å². The Labute approximate surface area is 148 Å². The van der Waals surface area contributed by atoms with Gasteiger partial charge in [0.25, 0.3) is 0 Å². The van der Waals surface area contributed by atoms with Gasteiger partial charge in [0.2, 0.25) is 0 Å². The number of hydrogen-bond donors (Lipinski definition) is 0. The number of nitrogens with zero attached hydrogens (tertiary/aromatic N) is 2. The Morgan fingerprint density at radius 2 is 1.85 bits per heavy atom. The van der Waals surface area contributed by atoms with E-state index in [0.717, 1.165) is 3.57 Å². The number of rotatable bonds is 2. The first-order chi connectivity index (χ1) is 9.41. The van der Waals surface area contributed by atoms with Crippen molar-refractivity contribution < 1.29 is 4.39 Å². The van der Waals surface area contributed by atoms with Crippen molar-refractivity contribution in [2.24, 2.45) is 4.99 Å². The van der Waals surface area contributed by atoms with Crippen LogP contribution in [0.4, 0.5) is 10.1 Å². The molecule has 0 atom stereocenters. The van der Waals surface area contributed by atoms with E-state index in [2.05, 4.69) is 9.98 Å². The number of aliphatic imine (C=N–C) groups is 1. The molecule has 0 saturated heterocycles. The fourth-order valence-corrected chi connectivity index (χ4v) is 2.82. The van der Waals surface area contributed by atoms with Gasteiger partial charge in [-0.15, -0.1) is 0 Å². The van der Waals surface area contributed by atoms with Crippen LogP contribution in [0.3, 0.4) is 0 Å². The summed E-state index contributed by atoms with van der Waals surface area (Å²) in [5, 5.41) is 0.358. The topological polar surface area (TPSA) is 25.2 Å². The average molecular weight is 464 g/mol. The molecular weight excluding hydrogens is 460 g/mol. The molecule has 0 radical (unpaired) electrons. The second kappa shape index (κ2) is 6.75. The third-order valence-corrected chi connectivity index (χ3v) is 4.95. The van der Waals surface area contributed by atoms with Crippen LogP contribution >= 0.6 is 69.0 Å². The molecule has 0 spiro atoms. The van der Waals surface area contributed by atoms with Crippen molar-refractivity contribution in [1.82, 2.24) is 4.98 Å². The average Bonchev–Trinajstić information content (AvgIpc) is 2.41. The molecule has 0 unspecified atom stereocenters. The molecule has 8 heteroatoms. The number of pyridine rings is 1. The van der Waals surface area contributed by atoms with Gasteiger partial charge in [-0.05, 0) is 40.8 Å². The van der Waals surface area contributed by atoms with Crippen molar-refractivity contribution in [3.05, 3.63) is 54.5 Å². The van der Waals surface area contributed by atoms with Gasteiger partial charge in [0, 0.05) is 15.3 Å². The standard InChI is InChI=1S/C12H4Cl4FIN2/c13-8-5(1-2-6(18)9(8)14)11(15)20-7-3-4-19-12(16)10(7)17/h1-4H. The van der Waals surface area contributed by atoms with Crippen molar-refractivity contribution in [3.8, 4) is 0 Å². The van der Waals surface area contributed by atoms with Gasteiger partial charge in [-0.2, -0.15) is 0 Å². The molecule has 0 aliphatic carbocycles. The Bertz CT molecular complexity index is 706. The van der Waals surface area contributed by atoms with Crippen LogP contribution in [-0.4, -0.2) is 10.2 Å². The zero-order valence-corrected chi connectivity index (χ0v) is 14.7. The summed E-state index contributed by atoms with van der Waals surface area (Å²) < 4.78 is 14.5. The number of aromatic nitrogens is 1. The molecule has 1 aromatic heterocycles. The van der Waals surface area contributed by atoms with Gasteiger partial charge in [-0.25, -0.2) is 14.4 Å². The summed E-state index contributed by atoms with van der Waals surface area (Å²) in [4.78, 5) is 7.55. The van der Waals surface area contributed by atoms with Crippen LogP contribution in [0.5, 0.6) is 0 Å². The van der Waals surface area contributed by atoms with E-state index in [4.69, 9.17) is 46.4 Å². The molecule has 2 rings (SSSR count). The molecule has 1 aromatic carbocycles. The lowest BCUT2D eigenvalue weighted by Crippen LogP contribution is -1.95. The van der Waals surface area contributed by atoms with Crippen LogP contribution in [0, 0.1) is 9.39 Å². The minimum Gasteiger partial charge on any atom is -0.241 e. The molecule has 0 bridgehead atoms. The molecule has 0 aliphatic heterocycles. The minimum absolute atomic E-state index is 0.00877. The normalized spacial score (nSPS) is 11.8. The van der Waals surface area contributed by atoms with Gasteiger partial charge < -0.3 is 0 Å². The molecule has 2 nitrogen and oxygen atoms in total. The quantitative estimate of drug-likeness (QED) is 0.228. The molecular formula is C12H4Cl4FIN2. The van der Waals surface area contributed by atoms with E-state index in [1.807, 2.05) is 22.6 Å². The minimum atomic E-state index is -0.750. The summed E-state index contributed by atoms with van der Waals surface area (Å²) in [5.41, 5.74) is 0.381. The SMILES string of the molecule is Fc1c(N=C(Cl)c2ccc(I)c(Cl)c2Cl)ccnc1Cl. The summed E-state index contributed by atoms with van der Waals surface area (Å²) in [6.07, 6.45) is 1.33. The largest absolute Gasteiger partial charge is 0.241 e. The summed E-state index contributed by atoms with van der Waals surface area (Å²) in [6, 6.07) is 4.74. The second-order valence-corrected chi connectivity index (χ2v) is 6.19. The fourth-order valence-electron chi connectivity index (χ4n) is 1.35. The summed E-state index contributed by atoms with van der Waals surface area (Å²) in [5.74, 6) is -0.750. The van der Waals surface area contributed by atoms with Crippen molar-refractivity contribution in [1.29, 1.82) is 0 Å². The van der Waals surface area contributed by atoms with E-state index in [1.165, 1.54) is 12.3 Å². The molecule has 1 heterocycles. The van der Waals surface area contributed by atoms with Gasteiger partial charge in [0.1, 0.15) is 10.9 Å². The lowest BCUT2D eigenvalue weighted by Gasteiger charge is -2.06. The van der Waals surface area contributed by atoms with Crippen LogP contribution in [0.15, 0.2) is 29.4 Å². The number of benzene rings is 1. The Kier molecular flexibility index (Phi) is 5.48. The molecule has 0 fully saturated rings. The maximum atomic E-state index is 13.7. The fraction of sp³-hybridized carbons (Fsp3) is 0. The molecule has 0 saturated carbocycles. The first-order valence-corrected chi connectivity index (χ1v) is 7.69. The second-order valence-electron chi connectivity index (χ2n) is 3.56. The third-order valence-electron chi connectivity index (χ3n) is 2.30. The van der Waals surface area contributed by atoms with E-state index in [0.29, 0.717) is 10.6 Å². The third kappa shape index (κ3) is 3.36. The van der Waals surface area contributed by atoms with Crippen LogP contribution in [-0.2, 0) is 0 Å². The van der Waals surface area contributed by atoms with Crippen molar-refractivity contribution in [2.75, 3.05) is 0 Å². The van der Waals surface area contributed by atoms with Crippen LogP contribution in [0.2, 0.25) is 15.2 Å². The Hall–Kier alpha value is -0.140. The maximum Gasteiger partial charge on any atom is 0.186 e. The summed E-state index contributed by atoms with van der Waals surface area (Å²) in [6.45, 7) is 0. The predicted molar refractivity (Wildman–Crippen MR) is 90.4 cm³/mol. The highest BCUT2D eigenvalue weighted by molar-refractivity contribution is 14.1. The van der Waals surface area contributed by atoms with E-state index >= 15 is 0 Å². The monoisotopic (exact) mass is 462 g/mol. The van der Waals surface area contributed by atoms with Gasteiger partial charge >= 0.3 is 0 Å². The van der Waals surface area contributed by atoms with Crippen molar-refractivity contribution >= 4 is 79.9 Å². The first-order valence-electron chi connectivity index (χ1n) is 5.10. The summed E-state index contributed by atoms with van der Waals surface area (Å²) >= 11 is 25.8. The Morgan fingerprint density at radius 1 is 1.15 bits per heavy atom. The van der Waals surface area contributed by atoms with Crippen molar-refractivity contribution in [2.45, 2.75) is 0 Å². The highest BCUT2D eigenvalue weighted by atomic mass is 127. The summed E-state index contributed by atoms with van der Waals surface area (Å²) in [7, 11) is 0. The lowest BCUT2D eigenvalue weighted by atomic mass is 10.2. The van der Waals surface area contributed by atoms with Crippen LogP contribution < -0.4 is 0 Å². The zero-order valence-electron chi connectivity index (χ0n) is 9.47. The molecule has 2 aromatic rings. The highest BCUT2D eigenvalue weighted by Crippen LogP contribution is 2.32. The van der Waals surface area contributed by atoms with E-state index in [9.17, 15) is 4.39 Å². The smallest absolute Gasteiger partial charge is 0.186 e. The van der Waals surface area contributed by atoms with E-state index in [1.54, 1.807) is 12.1 Å². The van der Waals surface area contributed by atoms with Gasteiger partial charge in [-0.3, -0.25) is 0 Å². The maximum absolute atomic E-state index is 13.7. The van der Waals surface area contributed by atoms with Crippen LogP contribution in [0.1, 0.15) is 5.56 Å². The van der Waals surface area contributed by atoms with Gasteiger partial charge in [0.15, 0.2) is 11.0 Å². The zero-order chi connectivity index (χ0) is 14.9. The lowest BCUT2D eigenvalue weighted by molar-refractivity contribution is 0.624. The van der Waals surface area contributed by atoms with Gasteiger partial charge in [-0.1, -0.05) is 46.4 Å². The first kappa shape index (κ1) is 16.2. The highest BCUT2D eigenvalue weighted by Gasteiger charge is 2.13. The number of halogens is 6. The molecule has 104 valence electrons. The predicted octanol–water partition coefficient (Wildman–Crippen LogP) is 6.10. The van der Waals surface area contributed by atoms with Crippen LogP contribution in [0.25, 0.3) is 0 Å². The van der Waals surface area contributed by atoms with E-state index in [-0.39, 0.29) is 21.0 Å². The molecule has 0 aliphatic rings. The molecule has 20 heavy (non-hydrogen) atoms. The van der Waals surface area contributed by atoms with E-state index < -0.39 is 5.82 Å².